The summed E-state index contributed by atoms with van der Waals surface area (Å²) in [7, 11) is -5.21. The molecule has 0 aromatic carbocycles. The van der Waals surface area contributed by atoms with Crippen LogP contribution in [0.15, 0.2) is 6.07 Å². The second-order valence-electron chi connectivity index (χ2n) is 3.05. The zero-order valence-corrected chi connectivity index (χ0v) is 9.82. The van der Waals surface area contributed by atoms with Gasteiger partial charge in [-0.2, -0.15) is 8.42 Å². The minimum atomic E-state index is -5.21. The van der Waals surface area contributed by atoms with Crippen LogP contribution >= 0.6 is 0 Å². The van der Waals surface area contributed by atoms with Gasteiger partial charge in [0.2, 0.25) is 0 Å². The number of piperidine rings is 1. The van der Waals surface area contributed by atoms with E-state index in [1.807, 2.05) is 0 Å². The van der Waals surface area contributed by atoms with E-state index in [1.165, 1.54) is 0 Å². The van der Waals surface area contributed by atoms with E-state index >= 15 is 0 Å². The van der Waals surface area contributed by atoms with Crippen molar-refractivity contribution in [2.45, 2.75) is 19.1 Å². The van der Waals surface area contributed by atoms with Crippen LogP contribution in [0, 0.1) is 5.41 Å². The van der Waals surface area contributed by atoms with Gasteiger partial charge in [0.05, 0.1) is 11.8 Å². The van der Waals surface area contributed by atoms with E-state index in [2.05, 4.69) is 9.27 Å². The molecule has 0 radical (unpaired) electrons. The van der Waals surface area contributed by atoms with Crippen LogP contribution in [0.5, 0.6) is 0 Å². The van der Waals surface area contributed by atoms with Crippen LogP contribution in [-0.2, 0) is 10.4 Å². The molecule has 2 heterocycles. The third-order valence-corrected chi connectivity index (χ3v) is 2.09. The molecule has 0 aliphatic carbocycles. The molecular weight excluding hydrogens is 274 g/mol. The summed E-state index contributed by atoms with van der Waals surface area (Å²) < 4.78 is 113. The van der Waals surface area contributed by atoms with Gasteiger partial charge >= 0.3 is 10.4 Å². The summed E-state index contributed by atoms with van der Waals surface area (Å²) in [5.74, 6) is -2.29. The van der Waals surface area contributed by atoms with E-state index in [-0.39, 0.29) is 9.63 Å². The first-order valence-corrected chi connectivity index (χ1v) is 5.87. The lowest BCUT2D eigenvalue weighted by Gasteiger charge is -2.31. The largest absolute Gasteiger partial charge is 0.454 e. The Bertz CT molecular complexity index is 979. The van der Waals surface area contributed by atoms with Gasteiger partial charge < -0.3 is 19.9 Å². The van der Waals surface area contributed by atoms with Gasteiger partial charge in [-0.1, -0.05) is 0 Å². The highest BCUT2D eigenvalue weighted by atomic mass is 32.3. The normalized spacial score (nSPS) is 37.4. The first-order valence-electron chi connectivity index (χ1n) is 9.51. The summed E-state index contributed by atoms with van der Waals surface area (Å²) in [5.41, 5.74) is 6.50. The van der Waals surface area contributed by atoms with Crippen LogP contribution in [0.3, 0.4) is 0 Å². The molecule has 0 bridgehead atoms. The molecule has 9 nitrogen and oxygen atoms in total. The van der Waals surface area contributed by atoms with Crippen LogP contribution < -0.4 is 14.7 Å². The quantitative estimate of drug-likeness (QED) is 0.769. The fourth-order valence-corrected chi connectivity index (χ4v) is 1.45. The molecule has 0 amide bonds. The number of aromatic nitrogens is 2. The maximum atomic E-state index is 10.8. The van der Waals surface area contributed by atoms with Crippen molar-refractivity contribution in [1.82, 2.24) is 9.71 Å². The predicted octanol–water partition coefficient (Wildman–Crippen LogP) is 0.268. The van der Waals surface area contributed by atoms with Crippen molar-refractivity contribution >= 4 is 22.2 Å². The number of nitrogens with one attached hydrogen (secondary N) is 2. The molecule has 1 aliphatic heterocycles. The lowest BCUT2D eigenvalue weighted by Crippen LogP contribution is -2.35. The van der Waals surface area contributed by atoms with E-state index < -0.39 is 59.8 Å². The number of rotatable bonds is 3. The maximum absolute atomic E-state index is 10.8. The van der Waals surface area contributed by atoms with Crippen molar-refractivity contribution < 1.29 is 31.0 Å². The molecule has 0 saturated carbocycles. The fourth-order valence-electron chi connectivity index (χ4n) is 1.11. The molecule has 1 aromatic heterocycles. The standard InChI is InChI=1S/C9H14N5O4S/c10-7-6-8(13-4-2-1-3-5-13)12-9(11)14(7)18-19(15,16)17/h6,10H,1-5H2,(H2-,11,12,15,16,17)/q-1/i1D2,2D2,3D2,4D2,5D2. The molecule has 1 aromatic rings. The number of hydrogen-bond acceptors (Lipinski definition) is 6. The van der Waals surface area contributed by atoms with Crippen LogP contribution in [0.2, 0.25) is 0 Å². The van der Waals surface area contributed by atoms with Gasteiger partial charge in [0, 0.05) is 26.7 Å². The lowest BCUT2D eigenvalue weighted by atomic mass is 10.1. The van der Waals surface area contributed by atoms with Gasteiger partial charge in [0.25, 0.3) is 0 Å². The van der Waals surface area contributed by atoms with Crippen LogP contribution in [0.4, 0.5) is 11.8 Å². The molecular formula is C9H14N5O4S-. The molecule has 1 fully saturated rings. The summed E-state index contributed by atoms with van der Waals surface area (Å²) in [6.07, 6.45) is -11.0. The SMILES string of the molecule is [2H]C1([2H])N(c2cc(=N)n(OS(=O)(=O)O)c([NH-])n2)C([2H])([2H])C([2H])([2H])C([2H])([2H])C1([2H])[2H]. The summed E-state index contributed by atoms with van der Waals surface area (Å²) in [6, 6.07) is 0.423. The Morgan fingerprint density at radius 3 is 2.63 bits per heavy atom. The van der Waals surface area contributed by atoms with Crippen LogP contribution in [0.1, 0.15) is 32.8 Å². The highest BCUT2D eigenvalue weighted by Crippen LogP contribution is 2.18. The minimum absolute atomic E-state index is 0.142. The molecule has 0 spiro atoms. The first-order chi connectivity index (χ1) is 12.6. The Hall–Kier alpha value is -1.81. The molecule has 0 atom stereocenters. The molecule has 3 N–H and O–H groups in total. The van der Waals surface area contributed by atoms with E-state index in [0.717, 1.165) is 0 Å². The lowest BCUT2D eigenvalue weighted by molar-refractivity contribution is 0.229. The van der Waals surface area contributed by atoms with Crippen molar-refractivity contribution in [2.24, 2.45) is 0 Å². The van der Waals surface area contributed by atoms with Gasteiger partial charge in [-0.05, 0) is 25.2 Å². The monoisotopic (exact) mass is 298 g/mol. The average molecular weight is 298 g/mol. The Kier molecular flexibility index (Phi) is 1.51. The smallest absolute Gasteiger partial charge is 0.408 e. The second-order valence-corrected chi connectivity index (χ2v) is 4.06. The molecule has 0 unspecified atom stereocenters. The molecule has 19 heavy (non-hydrogen) atoms. The van der Waals surface area contributed by atoms with E-state index in [9.17, 15) is 8.42 Å². The van der Waals surface area contributed by atoms with E-state index in [4.69, 9.17) is 29.4 Å². The Labute approximate surface area is 124 Å². The van der Waals surface area contributed by atoms with Gasteiger partial charge in [-0.3, -0.25) is 9.96 Å². The van der Waals surface area contributed by atoms with Gasteiger partial charge in [0.15, 0.2) is 0 Å². The third-order valence-electron chi connectivity index (χ3n) is 1.76. The second kappa shape index (κ2) is 5.05. The summed E-state index contributed by atoms with van der Waals surface area (Å²) in [4.78, 5) is 3.11. The topological polar surface area (TPSA) is 132 Å². The van der Waals surface area contributed by atoms with Gasteiger partial charge in [0.1, 0.15) is 5.49 Å². The highest BCUT2D eigenvalue weighted by Gasteiger charge is 2.12. The summed E-state index contributed by atoms with van der Waals surface area (Å²) in [5, 5.41) is 7.65. The molecule has 10 heteroatoms. The van der Waals surface area contributed by atoms with Crippen molar-refractivity contribution in [3.63, 3.8) is 0 Å². The highest BCUT2D eigenvalue weighted by molar-refractivity contribution is 7.81. The predicted molar refractivity (Wildman–Crippen MR) is 66.3 cm³/mol. The van der Waals surface area contributed by atoms with Crippen LogP contribution in [0.25, 0.3) is 5.73 Å². The van der Waals surface area contributed by atoms with Crippen molar-refractivity contribution in [3.05, 3.63) is 17.3 Å². The molecule has 1 aliphatic rings. The molecule has 106 valence electrons. The number of nitrogens with zero attached hydrogens (tertiary/aromatic N) is 3. The van der Waals surface area contributed by atoms with Gasteiger partial charge in [-0.25, -0.2) is 4.73 Å². The zero-order chi connectivity index (χ0) is 23.0. The maximum Gasteiger partial charge on any atom is 0.454 e. The Balaban J connectivity index is 2.81. The van der Waals surface area contributed by atoms with Crippen molar-refractivity contribution in [2.75, 3.05) is 17.9 Å². The van der Waals surface area contributed by atoms with Crippen LogP contribution in [-0.4, -0.2) is 35.7 Å². The van der Waals surface area contributed by atoms with Gasteiger partial charge in [-0.15, -0.1) is 0 Å². The summed E-state index contributed by atoms with van der Waals surface area (Å²) >= 11 is 0. The zero-order valence-electron chi connectivity index (χ0n) is 19.0. The van der Waals surface area contributed by atoms with E-state index in [1.54, 1.807) is 0 Å². The first kappa shape index (κ1) is 5.67. The number of hydrogen-bond donors (Lipinski definition) is 2. The fraction of sp³-hybridized carbons (Fsp3) is 0.556. The molecule has 2 rings (SSSR count). The Morgan fingerprint density at radius 2 is 2.11 bits per heavy atom. The van der Waals surface area contributed by atoms with Crippen molar-refractivity contribution in [1.29, 1.82) is 5.41 Å². The van der Waals surface area contributed by atoms with E-state index in [0.29, 0.717) is 6.07 Å². The third kappa shape index (κ3) is 3.35. The minimum Gasteiger partial charge on any atom is -0.408 e. The summed E-state index contributed by atoms with van der Waals surface area (Å²) in [6.45, 7) is -7.18. The number of anilines is 1. The van der Waals surface area contributed by atoms with Crippen molar-refractivity contribution in [3.8, 4) is 0 Å². The Morgan fingerprint density at radius 1 is 1.47 bits per heavy atom. The average Bonchev–Trinajstić information content (AvgIpc) is 2.48. The molecule has 1 saturated heterocycles.